The summed E-state index contributed by atoms with van der Waals surface area (Å²) >= 11 is 2.73. The van der Waals surface area contributed by atoms with Crippen LogP contribution in [0.4, 0.5) is 10.8 Å². The molecule has 0 aliphatic rings. The number of aromatic nitrogens is 2. The van der Waals surface area contributed by atoms with Crippen molar-refractivity contribution in [3.05, 3.63) is 29.8 Å². The molecule has 9 heteroatoms. The van der Waals surface area contributed by atoms with Crippen molar-refractivity contribution in [2.75, 3.05) is 30.9 Å². The number of hydrogen-bond donors (Lipinski definition) is 2. The molecule has 1 atom stereocenters. The van der Waals surface area contributed by atoms with Crippen molar-refractivity contribution in [2.24, 2.45) is 0 Å². The van der Waals surface area contributed by atoms with Gasteiger partial charge in [0, 0.05) is 19.3 Å². The van der Waals surface area contributed by atoms with Crippen LogP contribution >= 0.6 is 23.1 Å². The Hall–Kier alpha value is -2.15. The summed E-state index contributed by atoms with van der Waals surface area (Å²) in [6.45, 7) is 3.04. The molecule has 1 amide bonds. The van der Waals surface area contributed by atoms with E-state index in [0.717, 1.165) is 0 Å². The lowest BCUT2D eigenvalue weighted by molar-refractivity contribution is -0.115. The first kappa shape index (κ1) is 18.2. The molecule has 0 bridgehead atoms. The summed E-state index contributed by atoms with van der Waals surface area (Å²) in [5.74, 6) is -0.154. The molecular formula is C15H17N5O2S2. The van der Waals surface area contributed by atoms with Crippen LogP contribution < -0.4 is 10.6 Å². The average molecular weight is 363 g/mol. The third-order valence-electron chi connectivity index (χ3n) is 2.89. The van der Waals surface area contributed by atoms with Crippen molar-refractivity contribution in [1.82, 2.24) is 10.2 Å². The summed E-state index contributed by atoms with van der Waals surface area (Å²) in [6, 6.07) is 8.85. The van der Waals surface area contributed by atoms with E-state index in [9.17, 15) is 4.79 Å². The zero-order valence-corrected chi connectivity index (χ0v) is 14.9. The number of carbonyl (C=O) groups is 1. The molecule has 0 aliphatic heterocycles. The molecule has 24 heavy (non-hydrogen) atoms. The van der Waals surface area contributed by atoms with Gasteiger partial charge in [-0.1, -0.05) is 29.2 Å². The molecule has 1 heterocycles. The standard InChI is InChI=1S/C15H17N5O2S2/c1-10(13(21)18-12-5-3-4-11(8-12)9-16)23-15-20-19-14(24-15)17-6-7-22-2/h3-5,8,10H,6-7H2,1-2H3,(H,17,19)(H,18,21)/t10-/m0/s1. The number of amides is 1. The molecule has 2 aromatic rings. The number of thioether (sulfide) groups is 1. The summed E-state index contributed by atoms with van der Waals surface area (Å²) in [7, 11) is 1.63. The molecule has 7 nitrogen and oxygen atoms in total. The number of carbonyl (C=O) groups excluding carboxylic acids is 1. The second kappa shape index (κ2) is 9.22. The van der Waals surface area contributed by atoms with E-state index in [0.29, 0.717) is 33.9 Å². The lowest BCUT2D eigenvalue weighted by Crippen LogP contribution is -2.22. The highest BCUT2D eigenvalue weighted by Crippen LogP contribution is 2.29. The van der Waals surface area contributed by atoms with Gasteiger partial charge in [0.1, 0.15) is 0 Å². The van der Waals surface area contributed by atoms with Crippen molar-refractivity contribution < 1.29 is 9.53 Å². The number of hydrogen-bond acceptors (Lipinski definition) is 8. The SMILES string of the molecule is COCCNc1nnc(S[C@@H](C)C(=O)Nc2cccc(C#N)c2)s1. The quantitative estimate of drug-likeness (QED) is 0.549. The smallest absolute Gasteiger partial charge is 0.237 e. The topological polar surface area (TPSA) is 99.9 Å². The monoisotopic (exact) mass is 363 g/mol. The number of anilines is 2. The first-order valence-electron chi connectivity index (χ1n) is 7.16. The number of benzene rings is 1. The maximum atomic E-state index is 12.2. The van der Waals surface area contributed by atoms with E-state index < -0.39 is 0 Å². The molecule has 0 radical (unpaired) electrons. The van der Waals surface area contributed by atoms with Gasteiger partial charge < -0.3 is 15.4 Å². The van der Waals surface area contributed by atoms with Crippen LogP contribution in [0.2, 0.25) is 0 Å². The molecule has 0 fully saturated rings. The van der Waals surface area contributed by atoms with Gasteiger partial charge in [-0.15, -0.1) is 10.2 Å². The Labute approximate surface area is 148 Å². The number of methoxy groups -OCH3 is 1. The lowest BCUT2D eigenvalue weighted by Gasteiger charge is -2.10. The van der Waals surface area contributed by atoms with Crippen molar-refractivity contribution in [1.29, 1.82) is 5.26 Å². The van der Waals surface area contributed by atoms with Gasteiger partial charge in [-0.3, -0.25) is 4.79 Å². The predicted molar refractivity (Wildman–Crippen MR) is 95.4 cm³/mol. The van der Waals surface area contributed by atoms with Crippen molar-refractivity contribution in [3.63, 3.8) is 0 Å². The van der Waals surface area contributed by atoms with Crippen LogP contribution in [0.15, 0.2) is 28.6 Å². The first-order valence-corrected chi connectivity index (χ1v) is 8.86. The Bertz CT molecular complexity index is 729. The highest BCUT2D eigenvalue weighted by molar-refractivity contribution is 8.02. The lowest BCUT2D eigenvalue weighted by atomic mass is 10.2. The van der Waals surface area contributed by atoms with E-state index in [1.54, 1.807) is 38.3 Å². The van der Waals surface area contributed by atoms with Gasteiger partial charge in [0.15, 0.2) is 4.34 Å². The van der Waals surface area contributed by atoms with Crippen LogP contribution in [0.25, 0.3) is 0 Å². The minimum absolute atomic E-state index is 0.154. The number of nitrogens with one attached hydrogen (secondary N) is 2. The Morgan fingerprint density at radius 2 is 2.33 bits per heavy atom. The fourth-order valence-corrected chi connectivity index (χ4v) is 3.63. The number of nitriles is 1. The van der Waals surface area contributed by atoms with Crippen molar-refractivity contribution >= 4 is 39.8 Å². The largest absolute Gasteiger partial charge is 0.383 e. The molecule has 0 spiro atoms. The van der Waals surface area contributed by atoms with Crippen LogP contribution in [0.1, 0.15) is 12.5 Å². The number of rotatable bonds is 8. The summed E-state index contributed by atoms with van der Waals surface area (Å²) in [5, 5.41) is 23.2. The molecule has 0 aliphatic carbocycles. The Morgan fingerprint density at radius 3 is 3.08 bits per heavy atom. The van der Waals surface area contributed by atoms with Crippen LogP contribution in [0.5, 0.6) is 0 Å². The fourth-order valence-electron chi connectivity index (χ4n) is 1.70. The zero-order valence-electron chi connectivity index (χ0n) is 13.3. The molecule has 126 valence electrons. The molecular weight excluding hydrogens is 346 g/mol. The Morgan fingerprint density at radius 1 is 1.50 bits per heavy atom. The van der Waals surface area contributed by atoms with E-state index in [4.69, 9.17) is 10.00 Å². The number of nitrogens with zero attached hydrogens (tertiary/aromatic N) is 3. The van der Waals surface area contributed by atoms with Gasteiger partial charge in [0.2, 0.25) is 11.0 Å². The third kappa shape index (κ3) is 5.49. The van der Waals surface area contributed by atoms with Gasteiger partial charge in [-0.2, -0.15) is 5.26 Å². The van der Waals surface area contributed by atoms with Crippen LogP contribution in [-0.2, 0) is 9.53 Å². The molecule has 1 aromatic carbocycles. The molecule has 0 saturated heterocycles. The summed E-state index contributed by atoms with van der Waals surface area (Å²) in [5.41, 5.74) is 1.11. The summed E-state index contributed by atoms with van der Waals surface area (Å²) in [4.78, 5) is 12.2. The van der Waals surface area contributed by atoms with E-state index in [1.165, 1.54) is 23.1 Å². The van der Waals surface area contributed by atoms with Crippen LogP contribution in [-0.4, -0.2) is 41.6 Å². The second-order valence-corrected chi connectivity index (χ2v) is 7.30. The van der Waals surface area contributed by atoms with E-state index in [1.807, 2.05) is 6.07 Å². The first-order chi connectivity index (χ1) is 11.6. The Kier molecular flexibility index (Phi) is 6.99. The summed E-state index contributed by atoms with van der Waals surface area (Å²) < 4.78 is 5.67. The third-order valence-corrected chi connectivity index (χ3v) is 4.96. The average Bonchev–Trinajstić information content (AvgIpc) is 3.02. The van der Waals surface area contributed by atoms with E-state index in [-0.39, 0.29) is 11.2 Å². The van der Waals surface area contributed by atoms with Gasteiger partial charge in [0.25, 0.3) is 0 Å². The van der Waals surface area contributed by atoms with Crippen molar-refractivity contribution in [2.45, 2.75) is 16.5 Å². The highest BCUT2D eigenvalue weighted by atomic mass is 32.2. The minimum atomic E-state index is -0.337. The zero-order chi connectivity index (χ0) is 17.4. The van der Waals surface area contributed by atoms with E-state index in [2.05, 4.69) is 20.8 Å². The maximum Gasteiger partial charge on any atom is 0.237 e. The van der Waals surface area contributed by atoms with Crippen LogP contribution in [0, 0.1) is 11.3 Å². The van der Waals surface area contributed by atoms with Gasteiger partial charge in [0.05, 0.1) is 23.5 Å². The van der Waals surface area contributed by atoms with Gasteiger partial charge in [-0.05, 0) is 25.1 Å². The molecule has 0 unspecified atom stereocenters. The minimum Gasteiger partial charge on any atom is -0.383 e. The fraction of sp³-hybridized carbons (Fsp3) is 0.333. The number of ether oxygens (including phenoxy) is 1. The highest BCUT2D eigenvalue weighted by Gasteiger charge is 2.17. The van der Waals surface area contributed by atoms with Gasteiger partial charge >= 0.3 is 0 Å². The molecule has 1 aromatic heterocycles. The normalized spacial score (nSPS) is 11.5. The predicted octanol–water partition coefficient (Wildman–Crippen LogP) is 2.59. The molecule has 0 saturated carbocycles. The van der Waals surface area contributed by atoms with E-state index >= 15 is 0 Å². The maximum absolute atomic E-state index is 12.2. The molecule has 2 N–H and O–H groups in total. The second-order valence-electron chi connectivity index (χ2n) is 4.73. The van der Waals surface area contributed by atoms with Gasteiger partial charge in [-0.25, -0.2) is 0 Å². The van der Waals surface area contributed by atoms with Crippen molar-refractivity contribution in [3.8, 4) is 6.07 Å². The Balaban J connectivity index is 1.88. The van der Waals surface area contributed by atoms with Crippen LogP contribution in [0.3, 0.4) is 0 Å². The summed E-state index contributed by atoms with van der Waals surface area (Å²) in [6.07, 6.45) is 0. The molecule has 2 rings (SSSR count).